The summed E-state index contributed by atoms with van der Waals surface area (Å²) in [5.41, 5.74) is 0.830. The molecule has 0 bridgehead atoms. The minimum absolute atomic E-state index is 0.00297. The fraction of sp³-hybridized carbons (Fsp3) is 0.667. The first kappa shape index (κ1) is 19.3. The monoisotopic (exact) mass is 363 g/mol. The summed E-state index contributed by atoms with van der Waals surface area (Å²) in [4.78, 5) is 13.3. The standard InChI is InChI=1S/C21H30FNO3/c1-14-17(26-18(11-13-24)20(14)21(2,3)22)9-6-15-4-7-16(8-5-15)23-12-10-19(23)25/h4-5,7-8,14,17-18,20,24H,6,9-13H2,1-3H3/t14-,17+,18-,20+/m1/s1. The molecule has 1 aromatic carbocycles. The van der Waals surface area contributed by atoms with Crippen LogP contribution in [0.5, 0.6) is 0 Å². The van der Waals surface area contributed by atoms with Crippen LogP contribution >= 0.6 is 0 Å². The van der Waals surface area contributed by atoms with E-state index >= 15 is 0 Å². The van der Waals surface area contributed by atoms with Gasteiger partial charge in [0.1, 0.15) is 5.67 Å². The Morgan fingerprint density at radius 1 is 1.23 bits per heavy atom. The molecule has 2 aliphatic heterocycles. The molecule has 5 heteroatoms. The molecule has 3 rings (SSSR count). The maximum Gasteiger partial charge on any atom is 0.228 e. The van der Waals surface area contributed by atoms with Gasteiger partial charge in [0.05, 0.1) is 12.2 Å². The van der Waals surface area contributed by atoms with Crippen LogP contribution in [0.2, 0.25) is 0 Å². The molecule has 1 aromatic rings. The van der Waals surface area contributed by atoms with Gasteiger partial charge >= 0.3 is 0 Å². The van der Waals surface area contributed by atoms with Crippen molar-refractivity contribution in [1.82, 2.24) is 0 Å². The van der Waals surface area contributed by atoms with E-state index in [9.17, 15) is 14.3 Å². The average molecular weight is 363 g/mol. The summed E-state index contributed by atoms with van der Waals surface area (Å²) < 4.78 is 20.8. The van der Waals surface area contributed by atoms with Crippen LogP contribution in [-0.2, 0) is 16.0 Å². The third kappa shape index (κ3) is 3.94. The lowest BCUT2D eigenvalue weighted by Crippen LogP contribution is -2.43. The predicted octanol–water partition coefficient (Wildman–Crippen LogP) is 3.51. The zero-order valence-electron chi connectivity index (χ0n) is 16.0. The van der Waals surface area contributed by atoms with Crippen molar-refractivity contribution < 1.29 is 19.0 Å². The molecule has 4 atom stereocenters. The zero-order chi connectivity index (χ0) is 18.9. The van der Waals surface area contributed by atoms with E-state index in [1.54, 1.807) is 18.7 Å². The van der Waals surface area contributed by atoms with Crippen LogP contribution in [0, 0.1) is 11.8 Å². The number of aliphatic hydroxyl groups is 1. The number of β-lactam (4-membered cyclic amide) rings is 1. The second-order valence-corrected chi connectivity index (χ2v) is 8.18. The lowest BCUT2D eigenvalue weighted by molar-refractivity contribution is -0.122. The molecule has 0 spiro atoms. The smallest absolute Gasteiger partial charge is 0.228 e. The number of amides is 1. The van der Waals surface area contributed by atoms with Gasteiger partial charge in [-0.25, -0.2) is 4.39 Å². The number of benzene rings is 1. The van der Waals surface area contributed by atoms with Crippen LogP contribution in [0.15, 0.2) is 24.3 Å². The lowest BCUT2D eigenvalue weighted by atomic mass is 9.77. The Labute approximate surface area is 155 Å². The summed E-state index contributed by atoms with van der Waals surface area (Å²) in [7, 11) is 0. The van der Waals surface area contributed by atoms with Gasteiger partial charge in [-0.05, 0) is 56.7 Å². The fourth-order valence-corrected chi connectivity index (χ4v) is 4.52. The van der Waals surface area contributed by atoms with E-state index in [4.69, 9.17) is 4.74 Å². The number of carbonyl (C=O) groups is 1. The van der Waals surface area contributed by atoms with Crippen molar-refractivity contribution >= 4 is 11.6 Å². The highest BCUT2D eigenvalue weighted by molar-refractivity contribution is 5.99. The summed E-state index contributed by atoms with van der Waals surface area (Å²) in [6.45, 7) is 6.11. The number of anilines is 1. The van der Waals surface area contributed by atoms with Crippen molar-refractivity contribution in [3.05, 3.63) is 29.8 Å². The summed E-state index contributed by atoms with van der Waals surface area (Å²) in [6, 6.07) is 8.10. The van der Waals surface area contributed by atoms with Crippen LogP contribution in [0.1, 0.15) is 45.6 Å². The van der Waals surface area contributed by atoms with Crippen LogP contribution < -0.4 is 4.90 Å². The van der Waals surface area contributed by atoms with Gasteiger partial charge in [0, 0.05) is 31.2 Å². The van der Waals surface area contributed by atoms with Crippen LogP contribution in [0.4, 0.5) is 10.1 Å². The number of hydrogen-bond acceptors (Lipinski definition) is 3. The van der Waals surface area contributed by atoms with E-state index in [0.29, 0.717) is 12.8 Å². The highest BCUT2D eigenvalue weighted by Crippen LogP contribution is 2.43. The van der Waals surface area contributed by atoms with Gasteiger partial charge in [-0.3, -0.25) is 4.79 Å². The number of aryl methyl sites for hydroxylation is 1. The molecule has 26 heavy (non-hydrogen) atoms. The minimum atomic E-state index is -1.32. The van der Waals surface area contributed by atoms with Crippen molar-refractivity contribution in [3.8, 4) is 0 Å². The lowest BCUT2D eigenvalue weighted by Gasteiger charge is -2.30. The third-order valence-electron chi connectivity index (χ3n) is 5.93. The molecule has 2 heterocycles. The maximum absolute atomic E-state index is 14.7. The molecule has 0 saturated carbocycles. The van der Waals surface area contributed by atoms with Crippen molar-refractivity contribution in [1.29, 1.82) is 0 Å². The van der Waals surface area contributed by atoms with Gasteiger partial charge < -0.3 is 14.7 Å². The summed E-state index contributed by atoms with van der Waals surface area (Å²) in [5, 5.41) is 9.27. The number of aliphatic hydroxyl groups excluding tert-OH is 1. The van der Waals surface area contributed by atoms with Crippen LogP contribution in [0.25, 0.3) is 0 Å². The molecular weight excluding hydrogens is 333 g/mol. The van der Waals surface area contributed by atoms with Crippen molar-refractivity contribution in [2.24, 2.45) is 11.8 Å². The minimum Gasteiger partial charge on any atom is -0.396 e. The Morgan fingerprint density at radius 2 is 1.92 bits per heavy atom. The van der Waals surface area contributed by atoms with E-state index in [2.05, 4.69) is 19.1 Å². The fourth-order valence-electron chi connectivity index (χ4n) is 4.52. The van der Waals surface area contributed by atoms with Gasteiger partial charge in [0.2, 0.25) is 5.91 Å². The average Bonchev–Trinajstić information content (AvgIpc) is 2.89. The van der Waals surface area contributed by atoms with Gasteiger partial charge in [0.25, 0.3) is 0 Å². The van der Waals surface area contributed by atoms with E-state index in [1.807, 2.05) is 12.1 Å². The molecular formula is C21H30FNO3. The highest BCUT2D eigenvalue weighted by Gasteiger charge is 2.48. The Bertz CT molecular complexity index is 625. The van der Waals surface area contributed by atoms with Crippen LogP contribution in [-0.4, -0.2) is 42.0 Å². The number of hydrogen-bond donors (Lipinski definition) is 1. The first-order valence-corrected chi connectivity index (χ1v) is 9.66. The normalized spacial score (nSPS) is 29.1. The Morgan fingerprint density at radius 3 is 2.42 bits per heavy atom. The number of halogens is 1. The maximum atomic E-state index is 14.7. The van der Waals surface area contributed by atoms with Crippen molar-refractivity contribution in [2.75, 3.05) is 18.1 Å². The summed E-state index contributed by atoms with van der Waals surface area (Å²) >= 11 is 0. The summed E-state index contributed by atoms with van der Waals surface area (Å²) in [6.07, 6.45) is 2.59. The Hall–Kier alpha value is -1.46. The van der Waals surface area contributed by atoms with E-state index < -0.39 is 5.67 Å². The Balaban J connectivity index is 1.59. The second-order valence-electron chi connectivity index (χ2n) is 8.18. The number of nitrogens with zero attached hydrogens (tertiary/aromatic N) is 1. The van der Waals surface area contributed by atoms with Gasteiger partial charge in [-0.15, -0.1) is 0 Å². The second kappa shape index (κ2) is 7.65. The topological polar surface area (TPSA) is 49.8 Å². The molecule has 0 aliphatic carbocycles. The van der Waals surface area contributed by atoms with Crippen molar-refractivity contribution in [2.45, 2.75) is 64.3 Å². The predicted molar refractivity (Wildman–Crippen MR) is 99.9 cm³/mol. The zero-order valence-corrected chi connectivity index (χ0v) is 16.0. The van der Waals surface area contributed by atoms with E-state index in [1.165, 1.54) is 5.56 Å². The molecule has 1 N–H and O–H groups in total. The van der Waals surface area contributed by atoms with Gasteiger partial charge in [-0.1, -0.05) is 19.1 Å². The highest BCUT2D eigenvalue weighted by atomic mass is 19.1. The molecule has 2 aliphatic rings. The first-order chi connectivity index (χ1) is 12.3. The van der Waals surface area contributed by atoms with Gasteiger partial charge in [-0.2, -0.15) is 0 Å². The molecule has 2 fully saturated rings. The molecule has 0 aromatic heterocycles. The summed E-state index contributed by atoms with van der Waals surface area (Å²) in [5.74, 6) is 0.102. The first-order valence-electron chi connectivity index (χ1n) is 9.66. The molecule has 2 saturated heterocycles. The molecule has 1 amide bonds. The number of ether oxygens (including phenoxy) is 1. The third-order valence-corrected chi connectivity index (χ3v) is 5.93. The number of carbonyl (C=O) groups excluding carboxylic acids is 1. The van der Waals surface area contributed by atoms with Crippen LogP contribution in [0.3, 0.4) is 0 Å². The molecule has 4 nitrogen and oxygen atoms in total. The largest absolute Gasteiger partial charge is 0.396 e. The quantitative estimate of drug-likeness (QED) is 0.754. The molecule has 144 valence electrons. The number of alkyl halides is 1. The Kier molecular flexibility index (Phi) is 5.68. The molecule has 0 unspecified atom stereocenters. The number of rotatable bonds is 7. The van der Waals surface area contributed by atoms with Crippen molar-refractivity contribution in [3.63, 3.8) is 0 Å². The van der Waals surface area contributed by atoms with E-state index in [0.717, 1.165) is 25.1 Å². The van der Waals surface area contributed by atoms with E-state index in [-0.39, 0.29) is 36.6 Å². The SMILES string of the molecule is C[C@H]1[C@H](C(C)(C)F)[C@@H](CCO)O[C@H]1CCc1ccc(N2CCC2=O)cc1. The van der Waals surface area contributed by atoms with Gasteiger partial charge in [0.15, 0.2) is 0 Å². The molecule has 0 radical (unpaired) electrons.